The average Bonchev–Trinajstić information content (AvgIpc) is 3.79. The minimum atomic E-state index is -0.896. The van der Waals surface area contributed by atoms with Gasteiger partial charge in [-0.2, -0.15) is 0 Å². The van der Waals surface area contributed by atoms with Crippen LogP contribution in [0.5, 0.6) is 11.6 Å². The van der Waals surface area contributed by atoms with E-state index in [9.17, 15) is 14.4 Å². The second-order valence-corrected chi connectivity index (χ2v) is 14.8. The molecule has 2 aromatic heterocycles. The molecule has 3 aliphatic rings. The molecule has 12 nitrogen and oxygen atoms in total. The Morgan fingerprint density at radius 1 is 1.02 bits per heavy atom. The molecule has 1 saturated carbocycles. The Labute approximate surface area is 287 Å². The topological polar surface area (TPSA) is 146 Å². The minimum Gasteiger partial charge on any atom is -0.484 e. The molecule has 1 aliphatic carbocycles. The number of aromatic nitrogens is 3. The van der Waals surface area contributed by atoms with Crippen molar-refractivity contribution in [3.8, 4) is 11.6 Å². The van der Waals surface area contributed by atoms with Gasteiger partial charge in [-0.1, -0.05) is 40.5 Å². The SMILES string of the molecule is CC[C@@H]1[C@@H]2CN(C(=O)[C@H](C(C)(C)C)NC(=O)O[C@@H]3CCC[C@H]3CCCCCc3nc4ccc(OCc5ncc(C)o5)cc4nc3O2)[C@@H]1C=O. The van der Waals surface area contributed by atoms with Crippen LogP contribution in [-0.4, -0.2) is 69.0 Å². The molecule has 1 saturated heterocycles. The fraction of sp³-hybridized carbons (Fsp3) is 0.622. The van der Waals surface area contributed by atoms with Crippen molar-refractivity contribution in [2.75, 3.05) is 6.54 Å². The molecule has 6 rings (SSSR count). The van der Waals surface area contributed by atoms with Gasteiger partial charge in [0.05, 0.1) is 29.8 Å². The maximum atomic E-state index is 14.3. The summed E-state index contributed by atoms with van der Waals surface area (Å²) >= 11 is 0. The van der Waals surface area contributed by atoms with E-state index in [0.717, 1.165) is 62.4 Å². The molecule has 0 unspecified atom stereocenters. The number of nitrogens with one attached hydrogen (secondary N) is 1. The van der Waals surface area contributed by atoms with Crippen LogP contribution in [0.3, 0.4) is 0 Å². The van der Waals surface area contributed by atoms with Crippen LogP contribution in [-0.2, 0) is 27.4 Å². The van der Waals surface area contributed by atoms with E-state index >= 15 is 0 Å². The second kappa shape index (κ2) is 14.7. The Kier molecular flexibility index (Phi) is 10.4. The molecule has 1 aromatic carbocycles. The smallest absolute Gasteiger partial charge is 0.408 e. The molecule has 4 heterocycles. The first-order valence-corrected chi connectivity index (χ1v) is 17.8. The fourth-order valence-electron chi connectivity index (χ4n) is 7.57. The number of carbonyl (C=O) groups excluding carboxylic acids is 3. The van der Waals surface area contributed by atoms with E-state index in [1.807, 2.05) is 52.8 Å². The molecular formula is C37H49N5O7. The first kappa shape index (κ1) is 34.6. The van der Waals surface area contributed by atoms with E-state index in [1.165, 1.54) is 0 Å². The molecule has 6 atom stereocenters. The molecule has 2 amide bonds. The quantitative estimate of drug-likeness (QED) is 0.314. The van der Waals surface area contributed by atoms with Crippen molar-refractivity contribution in [3.05, 3.63) is 41.7 Å². The largest absolute Gasteiger partial charge is 0.484 e. The first-order chi connectivity index (χ1) is 23.5. The first-order valence-electron chi connectivity index (χ1n) is 17.8. The number of ether oxygens (including phenoxy) is 3. The minimum absolute atomic E-state index is 0.169. The summed E-state index contributed by atoms with van der Waals surface area (Å²) in [6, 6.07) is 3.95. The molecule has 0 radical (unpaired) electrons. The molecule has 2 aliphatic heterocycles. The number of aldehydes is 1. The zero-order valence-electron chi connectivity index (χ0n) is 29.3. The molecule has 1 N–H and O–H groups in total. The third-order valence-electron chi connectivity index (χ3n) is 10.2. The van der Waals surface area contributed by atoms with Gasteiger partial charge < -0.3 is 33.6 Å². The van der Waals surface area contributed by atoms with Crippen molar-refractivity contribution >= 4 is 29.3 Å². The third kappa shape index (κ3) is 7.83. The summed E-state index contributed by atoms with van der Waals surface area (Å²) < 4.78 is 24.1. The lowest BCUT2D eigenvalue weighted by molar-refractivity contribution is -0.139. The molecule has 2 fully saturated rings. The van der Waals surface area contributed by atoms with Crippen LogP contribution in [0.4, 0.5) is 4.79 Å². The van der Waals surface area contributed by atoms with Crippen molar-refractivity contribution < 1.29 is 33.0 Å². The van der Waals surface area contributed by atoms with E-state index < -0.39 is 29.7 Å². The van der Waals surface area contributed by atoms with E-state index in [0.29, 0.717) is 47.6 Å². The van der Waals surface area contributed by atoms with Crippen LogP contribution in [0, 0.1) is 24.2 Å². The number of amides is 2. The van der Waals surface area contributed by atoms with Gasteiger partial charge in [0.1, 0.15) is 41.7 Å². The van der Waals surface area contributed by atoms with E-state index in [-0.39, 0.29) is 31.1 Å². The van der Waals surface area contributed by atoms with Crippen LogP contribution in [0.25, 0.3) is 11.0 Å². The number of carbonyl (C=O) groups is 3. The maximum absolute atomic E-state index is 14.3. The highest BCUT2D eigenvalue weighted by atomic mass is 16.6. The predicted molar refractivity (Wildman–Crippen MR) is 181 cm³/mol. The summed E-state index contributed by atoms with van der Waals surface area (Å²) in [5.74, 6) is 1.87. The fourth-order valence-corrected chi connectivity index (χ4v) is 7.57. The van der Waals surface area contributed by atoms with Gasteiger partial charge in [-0.15, -0.1) is 0 Å². The number of hydrogen-bond acceptors (Lipinski definition) is 10. The number of oxazole rings is 1. The standard InChI is InChI=1S/C37H49N5O7/c1-6-25-29(20-43)42-19-31(25)48-34-27(39-26-16-15-24(17-28(26)40-34)46-21-32-38-18-22(2)47-32)13-9-7-8-11-23-12-10-14-30(23)49-36(45)41-33(35(42)44)37(3,4)5/h15-18,20,23,25,29-31,33H,6-14,19,21H2,1-5H3,(H,41,45)/t23-,25+,29-,30-,31+,33-/m1/s1. The van der Waals surface area contributed by atoms with Gasteiger partial charge in [0.15, 0.2) is 6.61 Å². The number of hydrogen-bond donors (Lipinski definition) is 1. The van der Waals surface area contributed by atoms with Crippen molar-refractivity contribution in [1.82, 2.24) is 25.2 Å². The molecule has 2 bridgehead atoms. The monoisotopic (exact) mass is 675 g/mol. The average molecular weight is 676 g/mol. The molecule has 3 aromatic rings. The summed E-state index contributed by atoms with van der Waals surface area (Å²) in [7, 11) is 0. The Balaban J connectivity index is 1.33. The van der Waals surface area contributed by atoms with Gasteiger partial charge in [-0.3, -0.25) is 4.79 Å². The van der Waals surface area contributed by atoms with E-state index in [1.54, 1.807) is 11.1 Å². The van der Waals surface area contributed by atoms with Gasteiger partial charge in [0.25, 0.3) is 0 Å². The number of rotatable bonds is 5. The van der Waals surface area contributed by atoms with E-state index in [4.69, 9.17) is 28.6 Å². The molecule has 49 heavy (non-hydrogen) atoms. The Morgan fingerprint density at radius 2 is 1.84 bits per heavy atom. The van der Waals surface area contributed by atoms with Crippen LogP contribution in [0.2, 0.25) is 0 Å². The van der Waals surface area contributed by atoms with Gasteiger partial charge in [-0.05, 0) is 75.3 Å². The van der Waals surface area contributed by atoms with Crippen LogP contribution in [0.1, 0.15) is 96.4 Å². The highest BCUT2D eigenvalue weighted by Crippen LogP contribution is 2.36. The zero-order chi connectivity index (χ0) is 34.7. The van der Waals surface area contributed by atoms with Crippen molar-refractivity contribution in [2.24, 2.45) is 17.3 Å². The van der Waals surface area contributed by atoms with Crippen LogP contribution < -0.4 is 14.8 Å². The lowest BCUT2D eigenvalue weighted by Crippen LogP contribution is -2.56. The number of benzene rings is 1. The van der Waals surface area contributed by atoms with Gasteiger partial charge >= 0.3 is 6.09 Å². The van der Waals surface area contributed by atoms with Crippen LogP contribution in [0.15, 0.2) is 28.8 Å². The van der Waals surface area contributed by atoms with Crippen molar-refractivity contribution in [2.45, 2.75) is 123 Å². The second-order valence-electron chi connectivity index (χ2n) is 14.8. The lowest BCUT2D eigenvalue weighted by Gasteiger charge is -2.35. The number of fused-ring (bicyclic) bond motifs is 5. The predicted octanol–water partition coefficient (Wildman–Crippen LogP) is 6.11. The van der Waals surface area contributed by atoms with E-state index in [2.05, 4.69) is 10.3 Å². The van der Waals surface area contributed by atoms with Crippen LogP contribution >= 0.6 is 0 Å². The summed E-state index contributed by atoms with van der Waals surface area (Å²) in [4.78, 5) is 55.9. The Hall–Kier alpha value is -4.22. The molecule has 12 heteroatoms. The summed E-state index contributed by atoms with van der Waals surface area (Å²) in [5, 5.41) is 2.89. The lowest BCUT2D eigenvalue weighted by atomic mass is 9.85. The summed E-state index contributed by atoms with van der Waals surface area (Å²) in [5.41, 5.74) is 1.44. The summed E-state index contributed by atoms with van der Waals surface area (Å²) in [6.45, 7) is 9.87. The third-order valence-corrected chi connectivity index (χ3v) is 10.2. The Bertz CT molecular complexity index is 1650. The maximum Gasteiger partial charge on any atom is 0.408 e. The summed E-state index contributed by atoms with van der Waals surface area (Å²) in [6.07, 6.45) is 9.21. The van der Waals surface area contributed by atoms with Gasteiger partial charge in [0.2, 0.25) is 17.7 Å². The number of aryl methyl sites for hydroxylation is 2. The zero-order valence-corrected chi connectivity index (χ0v) is 29.3. The Morgan fingerprint density at radius 3 is 2.57 bits per heavy atom. The molecular weight excluding hydrogens is 626 g/mol. The van der Waals surface area contributed by atoms with Gasteiger partial charge in [-0.25, -0.2) is 19.7 Å². The van der Waals surface area contributed by atoms with Crippen molar-refractivity contribution in [1.29, 1.82) is 0 Å². The van der Waals surface area contributed by atoms with Crippen molar-refractivity contribution in [3.63, 3.8) is 0 Å². The molecule has 264 valence electrons. The number of alkyl carbamates (subject to hydrolysis) is 1. The van der Waals surface area contributed by atoms with Gasteiger partial charge in [0, 0.05) is 12.0 Å². The normalized spacial score (nSPS) is 26.9. The number of nitrogens with zero attached hydrogens (tertiary/aromatic N) is 4. The molecule has 0 spiro atoms. The highest BCUT2D eigenvalue weighted by molar-refractivity contribution is 5.89. The highest BCUT2D eigenvalue weighted by Gasteiger charge is 2.48.